The number of para-hydroxylation sites is 1. The Labute approximate surface area is 298 Å². The normalized spacial score (nSPS) is 16.7. The van der Waals surface area contributed by atoms with E-state index >= 15 is 0 Å². The van der Waals surface area contributed by atoms with Gasteiger partial charge in [0.2, 0.25) is 17.7 Å². The van der Waals surface area contributed by atoms with Crippen molar-refractivity contribution in [2.45, 2.75) is 64.0 Å². The van der Waals surface area contributed by atoms with Gasteiger partial charge in [0.1, 0.15) is 12.1 Å². The summed E-state index contributed by atoms with van der Waals surface area (Å²) in [4.78, 5) is 83.8. The number of nitrogens with one attached hydrogen (secondary N) is 2. The number of unbranched alkanes of at least 4 members (excludes halogenated alkanes) is 1. The van der Waals surface area contributed by atoms with E-state index in [2.05, 4.69) is 15.7 Å². The van der Waals surface area contributed by atoms with Gasteiger partial charge in [-0.3, -0.25) is 24.0 Å². The van der Waals surface area contributed by atoms with Crippen LogP contribution < -0.4 is 15.4 Å². The predicted octanol–water partition coefficient (Wildman–Crippen LogP) is 1.60. The first kappa shape index (κ1) is 39.5. The van der Waals surface area contributed by atoms with Gasteiger partial charge in [-0.1, -0.05) is 31.5 Å². The van der Waals surface area contributed by atoms with Crippen molar-refractivity contribution in [1.29, 1.82) is 0 Å². The number of rotatable bonds is 17. The molecule has 3 N–H and O–H groups in total. The lowest BCUT2D eigenvalue weighted by Gasteiger charge is -2.35. The molecule has 0 saturated carbocycles. The van der Waals surface area contributed by atoms with Crippen molar-refractivity contribution in [3.8, 4) is 11.6 Å². The topological polar surface area (TPSA) is 202 Å². The highest BCUT2D eigenvalue weighted by Gasteiger charge is 2.35. The predicted molar refractivity (Wildman–Crippen MR) is 176 cm³/mol. The number of ether oxygens (including phenoxy) is 2. The third-order valence-corrected chi connectivity index (χ3v) is 8.28. The summed E-state index contributed by atoms with van der Waals surface area (Å²) in [5, 5.41) is 19.7. The molecule has 2 atom stereocenters. The van der Waals surface area contributed by atoms with Crippen LogP contribution in [0.15, 0.2) is 36.4 Å². The summed E-state index contributed by atoms with van der Waals surface area (Å²) >= 11 is 0. The summed E-state index contributed by atoms with van der Waals surface area (Å²) in [6.45, 7) is 1.57. The maximum absolute atomic E-state index is 13.5. The number of aromatic nitrogens is 2. The minimum atomic E-state index is -2.74. The van der Waals surface area contributed by atoms with Gasteiger partial charge in [0.05, 0.1) is 31.9 Å². The van der Waals surface area contributed by atoms with Crippen LogP contribution in [0.1, 0.15) is 55.9 Å². The molecule has 4 amide bonds. The van der Waals surface area contributed by atoms with Crippen LogP contribution >= 0.6 is 0 Å². The molecular formula is C33H43F2N7O10. The molecule has 2 aliphatic rings. The molecule has 2 saturated heterocycles. The quantitative estimate of drug-likeness (QED) is 0.157. The third kappa shape index (κ3) is 11.3. The molecule has 3 heterocycles. The zero-order valence-electron chi connectivity index (χ0n) is 28.7. The number of nitrogens with zero attached hydrogens (tertiary/aromatic N) is 5. The number of hydrogen-bond acceptors (Lipinski definition) is 11. The number of piperazine rings is 1. The van der Waals surface area contributed by atoms with Crippen LogP contribution in [0.2, 0.25) is 0 Å². The molecule has 0 spiro atoms. The molecule has 0 radical (unpaired) electrons. The number of carboxylic acids is 1. The number of carbonyl (C=O) groups is 6. The number of likely N-dealkylation sites (tertiary alicyclic amines) is 1. The molecule has 0 unspecified atom stereocenters. The minimum Gasteiger partial charge on any atom is -0.481 e. The Kier molecular flexibility index (Phi) is 14.7. The molecule has 52 heavy (non-hydrogen) atoms. The van der Waals surface area contributed by atoms with Crippen LogP contribution in [0.3, 0.4) is 0 Å². The zero-order chi connectivity index (χ0) is 37.6. The van der Waals surface area contributed by atoms with Crippen molar-refractivity contribution in [3.63, 3.8) is 0 Å². The molecular weight excluding hydrogens is 692 g/mol. The van der Waals surface area contributed by atoms with Crippen molar-refractivity contribution in [3.05, 3.63) is 42.1 Å². The molecule has 17 nitrogen and oxygen atoms in total. The average Bonchev–Trinajstić information content (AvgIpc) is 3.80. The van der Waals surface area contributed by atoms with Crippen LogP contribution in [0.25, 0.3) is 5.69 Å². The van der Waals surface area contributed by atoms with E-state index in [-0.39, 0.29) is 57.3 Å². The fourth-order valence-electron chi connectivity index (χ4n) is 5.59. The maximum atomic E-state index is 13.5. The van der Waals surface area contributed by atoms with Crippen LogP contribution in [0.4, 0.5) is 13.6 Å². The molecule has 1 aromatic heterocycles. The SMILES string of the molecule is CCCCOC(=O)ON1CCN(C(=O)[C@H](CCC(=O)O)NC(=O)c2cc(OCC(=O)N3CCC[C@H]3C(=O)NCC(F)F)n(-c3ccccc3)n2)CC1. The number of carbonyl (C=O) groups excluding carboxylic acids is 5. The zero-order valence-corrected chi connectivity index (χ0v) is 28.7. The van der Waals surface area contributed by atoms with Gasteiger partial charge < -0.3 is 39.9 Å². The number of amides is 4. The fraction of sp³-hybridized carbons (Fsp3) is 0.545. The number of hydrogen-bond donors (Lipinski definition) is 3. The summed E-state index contributed by atoms with van der Waals surface area (Å²) in [5.41, 5.74) is 0.256. The second-order valence-corrected chi connectivity index (χ2v) is 12.0. The smallest absolute Gasteiger partial charge is 0.481 e. The molecule has 0 bridgehead atoms. The Hall–Kier alpha value is -5.33. The van der Waals surface area contributed by atoms with Crippen LogP contribution in [0.5, 0.6) is 5.88 Å². The van der Waals surface area contributed by atoms with Gasteiger partial charge in [0, 0.05) is 32.1 Å². The first-order valence-corrected chi connectivity index (χ1v) is 17.0. The fourth-order valence-corrected chi connectivity index (χ4v) is 5.59. The number of carboxylic acid groups (broad SMARTS) is 1. The van der Waals surface area contributed by atoms with E-state index in [0.717, 1.165) is 6.42 Å². The second-order valence-electron chi connectivity index (χ2n) is 12.0. The monoisotopic (exact) mass is 735 g/mol. The summed E-state index contributed by atoms with van der Waals surface area (Å²) in [5.74, 6) is -3.83. The van der Waals surface area contributed by atoms with E-state index in [4.69, 9.17) is 14.3 Å². The van der Waals surface area contributed by atoms with Gasteiger partial charge in [-0.2, -0.15) is 5.10 Å². The van der Waals surface area contributed by atoms with Gasteiger partial charge in [-0.15, -0.1) is 5.06 Å². The molecule has 2 aliphatic heterocycles. The molecule has 284 valence electrons. The van der Waals surface area contributed by atoms with Crippen molar-refractivity contribution < 1.29 is 57.0 Å². The standard InChI is InChI=1S/C33H43F2N7O10/c1-2-3-18-50-33(49)52-40-16-14-39(15-17-40)32(48)23(11-12-29(44)45)37-30(46)24-19-28(42(38-24)22-8-5-4-6-9-22)51-21-27(43)41-13-7-10-25(41)31(47)36-20-26(34)35/h4-6,8-9,19,23,25-26H,2-3,7,10-18,20-21H2,1H3,(H,36,47)(H,37,46)(H,44,45)/t23-,25-/m0/s1. The van der Waals surface area contributed by atoms with Gasteiger partial charge in [0.25, 0.3) is 18.2 Å². The van der Waals surface area contributed by atoms with Crippen LogP contribution in [-0.4, -0.2) is 136 Å². The Morgan fingerprint density at radius 3 is 2.44 bits per heavy atom. The number of benzene rings is 1. The lowest BCUT2D eigenvalue weighted by atomic mass is 10.1. The molecule has 1 aromatic carbocycles. The van der Waals surface area contributed by atoms with E-state index < -0.39 is 73.8 Å². The Morgan fingerprint density at radius 2 is 1.77 bits per heavy atom. The van der Waals surface area contributed by atoms with Gasteiger partial charge in [-0.25, -0.2) is 18.3 Å². The molecule has 4 rings (SSSR count). The molecule has 2 aromatic rings. The van der Waals surface area contributed by atoms with Crippen molar-refractivity contribution in [2.24, 2.45) is 0 Å². The average molecular weight is 736 g/mol. The number of hydroxylamine groups is 2. The Bertz CT molecular complexity index is 1550. The highest BCUT2D eigenvalue weighted by molar-refractivity contribution is 5.96. The van der Waals surface area contributed by atoms with Crippen molar-refractivity contribution >= 4 is 35.8 Å². The summed E-state index contributed by atoms with van der Waals surface area (Å²) in [6.07, 6.45) is -1.91. The highest BCUT2D eigenvalue weighted by atomic mass is 19.3. The first-order valence-electron chi connectivity index (χ1n) is 17.0. The van der Waals surface area contributed by atoms with E-state index in [1.165, 1.54) is 25.6 Å². The first-order chi connectivity index (χ1) is 25.0. The van der Waals surface area contributed by atoms with E-state index in [9.17, 15) is 42.7 Å². The highest BCUT2D eigenvalue weighted by Crippen LogP contribution is 2.22. The van der Waals surface area contributed by atoms with Crippen molar-refractivity contribution in [1.82, 2.24) is 35.3 Å². The van der Waals surface area contributed by atoms with Crippen LogP contribution in [-0.2, 0) is 28.8 Å². The van der Waals surface area contributed by atoms with E-state index in [1.807, 2.05) is 6.92 Å². The van der Waals surface area contributed by atoms with Gasteiger partial charge >= 0.3 is 12.1 Å². The molecule has 2 fully saturated rings. The summed E-state index contributed by atoms with van der Waals surface area (Å²) in [7, 11) is 0. The van der Waals surface area contributed by atoms with Gasteiger partial charge in [0.15, 0.2) is 12.3 Å². The molecule has 19 heteroatoms. The summed E-state index contributed by atoms with van der Waals surface area (Å²) < 4.78 is 37.3. The molecule has 0 aliphatic carbocycles. The van der Waals surface area contributed by atoms with Gasteiger partial charge in [-0.05, 0) is 37.8 Å². The van der Waals surface area contributed by atoms with E-state index in [1.54, 1.807) is 30.3 Å². The van der Waals surface area contributed by atoms with E-state index in [0.29, 0.717) is 24.9 Å². The lowest BCUT2D eigenvalue weighted by molar-refractivity contribution is -0.158. The Morgan fingerprint density at radius 1 is 1.04 bits per heavy atom. The largest absolute Gasteiger partial charge is 0.527 e. The van der Waals surface area contributed by atoms with Crippen LogP contribution in [0, 0.1) is 0 Å². The van der Waals surface area contributed by atoms with Crippen molar-refractivity contribution in [2.75, 3.05) is 52.5 Å². The Balaban J connectivity index is 1.43. The maximum Gasteiger partial charge on any atom is 0.527 e. The summed E-state index contributed by atoms with van der Waals surface area (Å²) in [6, 6.07) is 7.58. The minimum absolute atomic E-state index is 0.0274. The lowest BCUT2D eigenvalue weighted by Crippen LogP contribution is -2.55. The second kappa shape index (κ2) is 19.3. The third-order valence-electron chi connectivity index (χ3n) is 8.28. The number of halogens is 2. The number of alkyl halides is 2. The number of aliphatic carboxylic acids is 1.